The number of aryl methyl sites for hydroxylation is 3. The molecule has 0 fully saturated rings. The molecule has 3 aromatic rings. The summed E-state index contributed by atoms with van der Waals surface area (Å²) in [5.74, 6) is 0. The number of aromatic nitrogens is 3. The van der Waals surface area contributed by atoms with E-state index in [0.717, 1.165) is 25.1 Å². The number of hydrogen-bond acceptors (Lipinski definition) is 2. The molecule has 2 heterocycles. The van der Waals surface area contributed by atoms with Gasteiger partial charge in [0.2, 0.25) is 0 Å². The average Bonchev–Trinajstić information content (AvgIpc) is 2.84. The molecule has 0 aliphatic heterocycles. The SMILES string of the molecule is CC=CCn1c(C)c(C)c2cnnc(CCc3ccccc3)c21. The molecule has 0 bridgehead atoms. The Morgan fingerprint density at radius 3 is 2.61 bits per heavy atom. The van der Waals surface area contributed by atoms with Gasteiger partial charge in [0.15, 0.2) is 0 Å². The van der Waals surface area contributed by atoms with Crippen molar-refractivity contribution in [2.24, 2.45) is 0 Å². The van der Waals surface area contributed by atoms with E-state index in [9.17, 15) is 0 Å². The minimum absolute atomic E-state index is 0.886. The summed E-state index contributed by atoms with van der Waals surface area (Å²) in [5, 5.41) is 9.92. The Hall–Kier alpha value is -2.42. The average molecular weight is 305 g/mol. The lowest BCUT2D eigenvalue weighted by Crippen LogP contribution is -2.04. The maximum absolute atomic E-state index is 4.45. The monoisotopic (exact) mass is 305 g/mol. The van der Waals surface area contributed by atoms with E-state index in [2.05, 4.69) is 78.0 Å². The molecule has 1 aromatic carbocycles. The van der Waals surface area contributed by atoms with Crippen molar-refractivity contribution in [3.8, 4) is 0 Å². The molecule has 3 nitrogen and oxygen atoms in total. The topological polar surface area (TPSA) is 30.7 Å². The number of benzene rings is 1. The summed E-state index contributed by atoms with van der Waals surface area (Å²) >= 11 is 0. The van der Waals surface area contributed by atoms with Crippen molar-refractivity contribution in [1.82, 2.24) is 14.8 Å². The summed E-state index contributed by atoms with van der Waals surface area (Å²) in [6.07, 6.45) is 8.08. The van der Waals surface area contributed by atoms with Crippen LogP contribution in [-0.2, 0) is 19.4 Å². The van der Waals surface area contributed by atoms with Crippen LogP contribution >= 0.6 is 0 Å². The van der Waals surface area contributed by atoms with E-state index >= 15 is 0 Å². The first-order valence-corrected chi connectivity index (χ1v) is 8.17. The number of nitrogens with zero attached hydrogens (tertiary/aromatic N) is 3. The normalized spacial score (nSPS) is 11.6. The van der Waals surface area contributed by atoms with E-state index in [1.165, 1.54) is 27.7 Å². The van der Waals surface area contributed by atoms with E-state index < -0.39 is 0 Å². The first-order valence-electron chi connectivity index (χ1n) is 8.17. The summed E-state index contributed by atoms with van der Waals surface area (Å²) < 4.78 is 2.36. The molecular weight excluding hydrogens is 282 g/mol. The van der Waals surface area contributed by atoms with Crippen LogP contribution in [0.15, 0.2) is 48.7 Å². The molecule has 3 rings (SSSR count). The lowest BCUT2D eigenvalue weighted by Gasteiger charge is -2.08. The summed E-state index contributed by atoms with van der Waals surface area (Å²) in [6.45, 7) is 7.30. The highest BCUT2D eigenvalue weighted by atomic mass is 15.1. The molecule has 0 amide bonds. The summed E-state index contributed by atoms with van der Waals surface area (Å²) in [4.78, 5) is 0. The fourth-order valence-electron chi connectivity index (χ4n) is 3.08. The van der Waals surface area contributed by atoms with Crippen LogP contribution in [0.25, 0.3) is 10.9 Å². The number of hydrogen-bond donors (Lipinski definition) is 0. The predicted octanol–water partition coefficient (Wildman–Crippen LogP) is 4.41. The Kier molecular flexibility index (Phi) is 4.56. The van der Waals surface area contributed by atoms with Gasteiger partial charge in [-0.15, -0.1) is 0 Å². The van der Waals surface area contributed by atoms with Crippen molar-refractivity contribution in [3.05, 3.63) is 71.2 Å². The van der Waals surface area contributed by atoms with Crippen molar-refractivity contribution in [2.75, 3.05) is 0 Å². The first kappa shape index (κ1) is 15.5. The molecule has 0 aliphatic rings. The van der Waals surface area contributed by atoms with E-state index in [-0.39, 0.29) is 0 Å². The second-order valence-corrected chi connectivity index (χ2v) is 5.93. The van der Waals surface area contributed by atoms with Crippen molar-refractivity contribution in [2.45, 2.75) is 40.2 Å². The van der Waals surface area contributed by atoms with Crippen LogP contribution in [-0.4, -0.2) is 14.8 Å². The molecule has 0 saturated heterocycles. The highest BCUT2D eigenvalue weighted by Gasteiger charge is 2.15. The second kappa shape index (κ2) is 6.78. The fourth-order valence-corrected chi connectivity index (χ4v) is 3.08. The molecule has 2 aromatic heterocycles. The van der Waals surface area contributed by atoms with Crippen molar-refractivity contribution in [1.29, 1.82) is 0 Å². The molecule has 0 unspecified atom stereocenters. The highest BCUT2D eigenvalue weighted by Crippen LogP contribution is 2.27. The highest BCUT2D eigenvalue weighted by molar-refractivity contribution is 5.86. The summed E-state index contributed by atoms with van der Waals surface area (Å²) in [5.41, 5.74) is 6.27. The van der Waals surface area contributed by atoms with Crippen molar-refractivity contribution >= 4 is 10.9 Å². The first-order chi connectivity index (χ1) is 11.2. The molecule has 0 atom stereocenters. The maximum atomic E-state index is 4.45. The largest absolute Gasteiger partial charge is 0.339 e. The summed E-state index contributed by atoms with van der Waals surface area (Å²) in [6, 6.07) is 10.6. The quantitative estimate of drug-likeness (QED) is 0.654. The lowest BCUT2D eigenvalue weighted by atomic mass is 10.1. The fraction of sp³-hybridized carbons (Fsp3) is 0.300. The Morgan fingerprint density at radius 1 is 1.09 bits per heavy atom. The van der Waals surface area contributed by atoms with Crippen LogP contribution in [0.3, 0.4) is 0 Å². The van der Waals surface area contributed by atoms with Gasteiger partial charge in [0.05, 0.1) is 17.4 Å². The Morgan fingerprint density at radius 2 is 1.87 bits per heavy atom. The maximum Gasteiger partial charge on any atom is 0.0877 e. The van der Waals surface area contributed by atoms with Gasteiger partial charge in [-0.1, -0.05) is 42.5 Å². The van der Waals surface area contributed by atoms with Gasteiger partial charge in [0.25, 0.3) is 0 Å². The number of allylic oxidation sites excluding steroid dienone is 2. The van der Waals surface area contributed by atoms with Crippen LogP contribution in [0, 0.1) is 13.8 Å². The second-order valence-electron chi connectivity index (χ2n) is 5.93. The van der Waals surface area contributed by atoms with Crippen LogP contribution in [0.4, 0.5) is 0 Å². The van der Waals surface area contributed by atoms with Crippen molar-refractivity contribution in [3.63, 3.8) is 0 Å². The molecule has 0 N–H and O–H groups in total. The van der Waals surface area contributed by atoms with Gasteiger partial charge in [-0.2, -0.15) is 10.2 Å². The summed E-state index contributed by atoms with van der Waals surface area (Å²) in [7, 11) is 0. The molecule has 0 aliphatic carbocycles. The molecular formula is C20H23N3. The zero-order valence-electron chi connectivity index (χ0n) is 14.1. The zero-order valence-corrected chi connectivity index (χ0v) is 14.1. The van der Waals surface area contributed by atoms with Gasteiger partial charge >= 0.3 is 0 Å². The number of rotatable bonds is 5. The van der Waals surface area contributed by atoms with Gasteiger partial charge in [0, 0.05) is 17.6 Å². The zero-order chi connectivity index (χ0) is 16.2. The Labute approximate surface area is 137 Å². The van der Waals surface area contributed by atoms with E-state index in [0.29, 0.717) is 0 Å². The molecule has 118 valence electrons. The molecule has 0 spiro atoms. The van der Waals surface area contributed by atoms with Gasteiger partial charge < -0.3 is 4.57 Å². The molecule has 3 heteroatoms. The molecule has 23 heavy (non-hydrogen) atoms. The minimum Gasteiger partial charge on any atom is -0.339 e. The number of fused-ring (bicyclic) bond motifs is 1. The van der Waals surface area contributed by atoms with Crippen LogP contribution in [0.5, 0.6) is 0 Å². The third kappa shape index (κ3) is 3.04. The van der Waals surface area contributed by atoms with E-state index in [4.69, 9.17) is 0 Å². The Balaban J connectivity index is 2.01. The van der Waals surface area contributed by atoms with Crippen molar-refractivity contribution < 1.29 is 0 Å². The standard InChI is InChI=1S/C20H23N3/c1-4-5-13-23-16(3)15(2)18-14-21-22-19(20(18)23)12-11-17-9-7-6-8-10-17/h4-10,14H,11-13H2,1-3H3. The molecule has 0 saturated carbocycles. The Bertz CT molecular complexity index is 829. The van der Waals surface area contributed by atoms with Gasteiger partial charge in [-0.05, 0) is 44.7 Å². The third-order valence-electron chi connectivity index (χ3n) is 4.53. The van der Waals surface area contributed by atoms with Gasteiger partial charge in [-0.25, -0.2) is 0 Å². The lowest BCUT2D eigenvalue weighted by molar-refractivity contribution is 0.796. The van der Waals surface area contributed by atoms with Crippen LogP contribution in [0.1, 0.15) is 29.4 Å². The van der Waals surface area contributed by atoms with Crippen LogP contribution in [0.2, 0.25) is 0 Å². The predicted molar refractivity (Wildman–Crippen MR) is 95.7 cm³/mol. The van der Waals surface area contributed by atoms with Gasteiger partial charge in [0.1, 0.15) is 0 Å². The smallest absolute Gasteiger partial charge is 0.0877 e. The van der Waals surface area contributed by atoms with E-state index in [1.54, 1.807) is 0 Å². The molecule has 0 radical (unpaired) electrons. The third-order valence-corrected chi connectivity index (χ3v) is 4.53. The van der Waals surface area contributed by atoms with Crippen LogP contribution < -0.4 is 0 Å². The minimum atomic E-state index is 0.886. The van der Waals surface area contributed by atoms with E-state index in [1.807, 2.05) is 6.20 Å². The van der Waals surface area contributed by atoms with Gasteiger partial charge in [-0.3, -0.25) is 0 Å².